The normalized spacial score (nSPS) is 10.6. The molecular formula is C15H9ClN2O. The average molecular weight is 269 g/mol. The van der Waals surface area contributed by atoms with Crippen LogP contribution in [0, 0.1) is 0 Å². The van der Waals surface area contributed by atoms with Gasteiger partial charge in [-0.15, -0.1) is 0 Å². The standard InChI is InChI=1S/C15H9ClN2O/c16-14(19)11-6-2-3-7-12(11)15-17-9-10-5-1-4-8-13(10)18-15/h1-9H. The molecule has 0 bridgehead atoms. The predicted octanol–water partition coefficient (Wildman–Crippen LogP) is 3.68. The molecule has 0 radical (unpaired) electrons. The Labute approximate surface area is 114 Å². The van der Waals surface area contributed by atoms with Crippen molar-refractivity contribution in [2.75, 3.05) is 0 Å². The van der Waals surface area contributed by atoms with Crippen LogP contribution in [0.2, 0.25) is 0 Å². The van der Waals surface area contributed by atoms with E-state index in [1.165, 1.54) is 0 Å². The van der Waals surface area contributed by atoms with Crippen LogP contribution in [0.3, 0.4) is 0 Å². The van der Waals surface area contributed by atoms with E-state index >= 15 is 0 Å². The van der Waals surface area contributed by atoms with Crippen molar-refractivity contribution >= 4 is 27.7 Å². The molecule has 3 rings (SSSR count). The zero-order valence-corrected chi connectivity index (χ0v) is 10.6. The quantitative estimate of drug-likeness (QED) is 0.666. The fourth-order valence-corrected chi connectivity index (χ4v) is 2.12. The average Bonchev–Trinajstić information content (AvgIpc) is 2.46. The molecule has 0 aliphatic rings. The molecule has 2 aromatic carbocycles. The van der Waals surface area contributed by atoms with Crippen molar-refractivity contribution in [3.8, 4) is 11.4 Å². The van der Waals surface area contributed by atoms with Crippen molar-refractivity contribution in [1.82, 2.24) is 9.97 Å². The van der Waals surface area contributed by atoms with Crippen LogP contribution < -0.4 is 0 Å². The SMILES string of the molecule is O=C(Cl)c1ccccc1-c1ncc2ccccc2n1. The Morgan fingerprint density at radius 3 is 2.58 bits per heavy atom. The van der Waals surface area contributed by atoms with E-state index in [4.69, 9.17) is 11.6 Å². The summed E-state index contributed by atoms with van der Waals surface area (Å²) in [4.78, 5) is 20.2. The molecule has 1 aromatic heterocycles. The first-order valence-corrected chi connectivity index (χ1v) is 6.14. The Balaban J connectivity index is 2.22. The lowest BCUT2D eigenvalue weighted by molar-refractivity contribution is 0.108. The van der Waals surface area contributed by atoms with E-state index in [-0.39, 0.29) is 0 Å². The number of nitrogens with zero attached hydrogens (tertiary/aromatic N) is 2. The second-order valence-corrected chi connectivity index (χ2v) is 4.41. The van der Waals surface area contributed by atoms with Crippen molar-refractivity contribution < 1.29 is 4.79 Å². The van der Waals surface area contributed by atoms with Crippen LogP contribution in [0.4, 0.5) is 0 Å². The van der Waals surface area contributed by atoms with Gasteiger partial charge in [0, 0.05) is 22.7 Å². The molecule has 3 aromatic rings. The van der Waals surface area contributed by atoms with Gasteiger partial charge in [-0.05, 0) is 23.7 Å². The van der Waals surface area contributed by atoms with E-state index in [0.29, 0.717) is 17.0 Å². The molecule has 0 aliphatic heterocycles. The minimum absolute atomic E-state index is 0.416. The lowest BCUT2D eigenvalue weighted by Crippen LogP contribution is -1.97. The minimum atomic E-state index is -0.507. The van der Waals surface area contributed by atoms with Gasteiger partial charge < -0.3 is 0 Å². The van der Waals surface area contributed by atoms with E-state index in [1.54, 1.807) is 24.4 Å². The number of benzene rings is 2. The highest BCUT2D eigenvalue weighted by atomic mass is 35.5. The fourth-order valence-electron chi connectivity index (χ4n) is 1.95. The molecule has 0 atom stereocenters. The molecule has 0 fully saturated rings. The maximum atomic E-state index is 11.4. The van der Waals surface area contributed by atoms with E-state index in [1.807, 2.05) is 30.3 Å². The van der Waals surface area contributed by atoms with Crippen LogP contribution in [-0.4, -0.2) is 15.2 Å². The van der Waals surface area contributed by atoms with Gasteiger partial charge in [0.25, 0.3) is 5.24 Å². The molecule has 3 nitrogen and oxygen atoms in total. The van der Waals surface area contributed by atoms with Gasteiger partial charge in [-0.2, -0.15) is 0 Å². The third kappa shape index (κ3) is 2.20. The molecule has 0 saturated heterocycles. The summed E-state index contributed by atoms with van der Waals surface area (Å²) < 4.78 is 0. The van der Waals surface area contributed by atoms with Crippen LogP contribution in [0.1, 0.15) is 10.4 Å². The van der Waals surface area contributed by atoms with Gasteiger partial charge in [0.05, 0.1) is 5.52 Å². The number of fused-ring (bicyclic) bond motifs is 1. The lowest BCUT2D eigenvalue weighted by Gasteiger charge is -2.05. The van der Waals surface area contributed by atoms with Gasteiger partial charge in [0.15, 0.2) is 5.82 Å². The molecular weight excluding hydrogens is 260 g/mol. The summed E-state index contributed by atoms with van der Waals surface area (Å²) in [5.41, 5.74) is 1.90. The second-order valence-electron chi connectivity index (χ2n) is 4.07. The summed E-state index contributed by atoms with van der Waals surface area (Å²) in [6, 6.07) is 14.8. The van der Waals surface area contributed by atoms with E-state index in [2.05, 4.69) is 9.97 Å². The predicted molar refractivity (Wildman–Crippen MR) is 75.2 cm³/mol. The van der Waals surface area contributed by atoms with Gasteiger partial charge in [0.2, 0.25) is 0 Å². The first-order valence-electron chi connectivity index (χ1n) is 5.77. The molecule has 0 unspecified atom stereocenters. The van der Waals surface area contributed by atoms with Gasteiger partial charge >= 0.3 is 0 Å². The molecule has 92 valence electrons. The molecule has 0 amide bonds. The Bertz CT molecular complexity index is 771. The van der Waals surface area contributed by atoms with Crippen molar-refractivity contribution in [3.63, 3.8) is 0 Å². The second kappa shape index (κ2) is 4.78. The smallest absolute Gasteiger partial charge is 0.253 e. The third-order valence-electron chi connectivity index (χ3n) is 2.87. The Kier molecular flexibility index (Phi) is 2.97. The van der Waals surface area contributed by atoms with E-state index in [9.17, 15) is 4.79 Å². The molecule has 0 spiro atoms. The molecule has 1 heterocycles. The fraction of sp³-hybridized carbons (Fsp3) is 0. The summed E-state index contributed by atoms with van der Waals surface area (Å²) in [6.45, 7) is 0. The number of hydrogen-bond acceptors (Lipinski definition) is 3. The Morgan fingerprint density at radius 2 is 1.74 bits per heavy atom. The van der Waals surface area contributed by atoms with Gasteiger partial charge in [-0.3, -0.25) is 4.79 Å². The van der Waals surface area contributed by atoms with Crippen LogP contribution in [0.15, 0.2) is 54.7 Å². The summed E-state index contributed by atoms with van der Waals surface area (Å²) in [7, 11) is 0. The van der Waals surface area contributed by atoms with E-state index < -0.39 is 5.24 Å². The van der Waals surface area contributed by atoms with Gasteiger partial charge in [-0.25, -0.2) is 9.97 Å². The number of rotatable bonds is 2. The Hall–Kier alpha value is -2.26. The highest BCUT2D eigenvalue weighted by molar-refractivity contribution is 6.68. The van der Waals surface area contributed by atoms with Crippen LogP contribution in [0.25, 0.3) is 22.3 Å². The summed E-state index contributed by atoms with van der Waals surface area (Å²) >= 11 is 5.58. The van der Waals surface area contributed by atoms with Crippen LogP contribution >= 0.6 is 11.6 Å². The lowest BCUT2D eigenvalue weighted by atomic mass is 10.1. The van der Waals surface area contributed by atoms with Crippen LogP contribution in [-0.2, 0) is 0 Å². The maximum absolute atomic E-state index is 11.4. The van der Waals surface area contributed by atoms with E-state index in [0.717, 1.165) is 10.9 Å². The topological polar surface area (TPSA) is 42.9 Å². The highest BCUT2D eigenvalue weighted by Gasteiger charge is 2.12. The molecule has 19 heavy (non-hydrogen) atoms. The van der Waals surface area contributed by atoms with Gasteiger partial charge in [0.1, 0.15) is 0 Å². The Morgan fingerprint density at radius 1 is 1.00 bits per heavy atom. The minimum Gasteiger partial charge on any atom is -0.276 e. The number of halogens is 1. The maximum Gasteiger partial charge on any atom is 0.253 e. The number of hydrogen-bond donors (Lipinski definition) is 0. The number of carbonyl (C=O) groups is 1. The van der Waals surface area contributed by atoms with Crippen LogP contribution in [0.5, 0.6) is 0 Å². The monoisotopic (exact) mass is 268 g/mol. The molecule has 4 heteroatoms. The van der Waals surface area contributed by atoms with Crippen molar-refractivity contribution in [2.45, 2.75) is 0 Å². The summed E-state index contributed by atoms with van der Waals surface area (Å²) in [6.07, 6.45) is 1.74. The van der Waals surface area contributed by atoms with Crippen molar-refractivity contribution in [1.29, 1.82) is 0 Å². The zero-order chi connectivity index (χ0) is 13.2. The summed E-state index contributed by atoms with van der Waals surface area (Å²) in [5.74, 6) is 0.503. The van der Waals surface area contributed by atoms with Crippen molar-refractivity contribution in [3.05, 3.63) is 60.3 Å². The molecule has 0 saturated carbocycles. The third-order valence-corrected chi connectivity index (χ3v) is 3.07. The van der Waals surface area contributed by atoms with Gasteiger partial charge in [-0.1, -0.05) is 36.4 Å². The molecule has 0 aliphatic carbocycles. The molecule has 0 N–H and O–H groups in total. The van der Waals surface area contributed by atoms with Crippen molar-refractivity contribution in [2.24, 2.45) is 0 Å². The summed E-state index contributed by atoms with van der Waals surface area (Å²) in [5, 5.41) is 0.452. The number of aromatic nitrogens is 2. The number of para-hydroxylation sites is 1. The highest BCUT2D eigenvalue weighted by Crippen LogP contribution is 2.23. The zero-order valence-electron chi connectivity index (χ0n) is 9.88. The number of carbonyl (C=O) groups excluding carboxylic acids is 1. The first-order chi connectivity index (χ1) is 9.25. The largest absolute Gasteiger partial charge is 0.276 e. The first kappa shape index (κ1) is 11.8.